The van der Waals surface area contributed by atoms with Crippen LogP contribution in [-0.4, -0.2) is 4.57 Å². The fraction of sp³-hybridized carbons (Fsp3) is 0.471. The van der Waals surface area contributed by atoms with Crippen molar-refractivity contribution in [3.8, 4) is 6.07 Å². The molecule has 2 heteroatoms. The second-order valence-corrected chi connectivity index (χ2v) is 6.34. The van der Waals surface area contributed by atoms with Crippen molar-refractivity contribution in [2.75, 3.05) is 0 Å². The van der Waals surface area contributed by atoms with E-state index < -0.39 is 0 Å². The Bertz CT molecular complexity index is 685. The minimum Gasteiger partial charge on any atom is -0.348 e. The number of nitrogens with zero attached hydrogens (tertiary/aromatic N) is 2. The second-order valence-electron chi connectivity index (χ2n) is 6.34. The van der Waals surface area contributed by atoms with Gasteiger partial charge in [0.1, 0.15) is 0 Å². The third kappa shape index (κ3) is 1.54. The van der Waals surface area contributed by atoms with Crippen LogP contribution in [0, 0.1) is 29.6 Å². The highest BCUT2D eigenvalue weighted by Gasteiger charge is 2.59. The van der Waals surface area contributed by atoms with Gasteiger partial charge in [-0.15, -0.1) is 0 Å². The smallest absolute Gasteiger partial charge is 0.0625 e. The molecule has 2 nitrogen and oxygen atoms in total. The van der Waals surface area contributed by atoms with Gasteiger partial charge in [0.25, 0.3) is 0 Å². The molecule has 98 valence electrons. The van der Waals surface area contributed by atoms with E-state index in [2.05, 4.69) is 62.7 Å². The first-order valence-corrected chi connectivity index (χ1v) is 6.91. The lowest BCUT2D eigenvalue weighted by Crippen LogP contribution is -1.94. The Morgan fingerprint density at radius 3 is 2.68 bits per heavy atom. The highest BCUT2D eigenvalue weighted by atomic mass is 14.9. The maximum Gasteiger partial charge on any atom is 0.0625 e. The molecule has 3 rings (SSSR count). The zero-order chi connectivity index (χ0) is 13.8. The standard InChI is InChI=1S/C17H20N2/c1-11-15(16-13(9-10-18)17(16,2)3)12-7-5-6-8-14(12)19(11)4/h5-8,13,16H,9H2,1-4H3/t13-,16+/m1/s1. The van der Waals surface area contributed by atoms with E-state index in [-0.39, 0.29) is 5.41 Å². The third-order valence-corrected chi connectivity index (χ3v) is 5.12. The van der Waals surface area contributed by atoms with Gasteiger partial charge < -0.3 is 4.57 Å². The number of fused-ring (bicyclic) bond motifs is 1. The van der Waals surface area contributed by atoms with Gasteiger partial charge in [-0.3, -0.25) is 0 Å². The van der Waals surface area contributed by atoms with Crippen molar-refractivity contribution in [2.45, 2.75) is 33.1 Å². The van der Waals surface area contributed by atoms with Crippen LogP contribution < -0.4 is 0 Å². The van der Waals surface area contributed by atoms with Crippen molar-refractivity contribution < 1.29 is 0 Å². The molecule has 0 bridgehead atoms. The van der Waals surface area contributed by atoms with Gasteiger partial charge in [0.15, 0.2) is 0 Å². The van der Waals surface area contributed by atoms with Crippen LogP contribution in [0.1, 0.15) is 37.4 Å². The third-order valence-electron chi connectivity index (χ3n) is 5.12. The molecule has 0 aliphatic heterocycles. The van der Waals surface area contributed by atoms with E-state index in [1.54, 1.807) is 0 Å². The van der Waals surface area contributed by atoms with E-state index in [1.165, 1.54) is 22.2 Å². The zero-order valence-corrected chi connectivity index (χ0v) is 12.1. The summed E-state index contributed by atoms with van der Waals surface area (Å²) in [5.74, 6) is 1.03. The molecule has 2 aromatic rings. The number of benzene rings is 1. The summed E-state index contributed by atoms with van der Waals surface area (Å²) in [5, 5.41) is 10.4. The molecule has 1 saturated carbocycles. The molecule has 1 aliphatic carbocycles. The first kappa shape index (κ1) is 12.3. The molecule has 1 aromatic carbocycles. The minimum absolute atomic E-state index is 0.255. The maximum absolute atomic E-state index is 9.01. The summed E-state index contributed by atoms with van der Waals surface area (Å²) < 4.78 is 2.28. The Hall–Kier alpha value is -1.75. The van der Waals surface area contributed by atoms with Crippen molar-refractivity contribution in [3.63, 3.8) is 0 Å². The molecule has 1 fully saturated rings. The molecule has 1 aliphatic rings. The van der Waals surface area contributed by atoms with Gasteiger partial charge in [-0.05, 0) is 35.8 Å². The molecule has 0 spiro atoms. The van der Waals surface area contributed by atoms with E-state index in [0.717, 1.165) is 0 Å². The average molecular weight is 252 g/mol. The molecule has 2 atom stereocenters. The van der Waals surface area contributed by atoms with Gasteiger partial charge >= 0.3 is 0 Å². The van der Waals surface area contributed by atoms with Gasteiger partial charge in [0.05, 0.1) is 6.07 Å². The summed E-state index contributed by atoms with van der Waals surface area (Å²) in [5.41, 5.74) is 4.36. The molecule has 0 amide bonds. The fourth-order valence-electron chi connectivity index (χ4n) is 3.74. The minimum atomic E-state index is 0.255. The fourth-order valence-corrected chi connectivity index (χ4v) is 3.74. The Balaban J connectivity index is 2.18. The van der Waals surface area contributed by atoms with Gasteiger partial charge in [0, 0.05) is 30.1 Å². The van der Waals surface area contributed by atoms with E-state index in [1.807, 2.05) is 0 Å². The van der Waals surface area contributed by atoms with Crippen molar-refractivity contribution in [3.05, 3.63) is 35.5 Å². The Labute approximate surface area is 114 Å². The van der Waals surface area contributed by atoms with Crippen LogP contribution in [0.4, 0.5) is 0 Å². The van der Waals surface area contributed by atoms with Crippen molar-refractivity contribution in [1.29, 1.82) is 5.26 Å². The number of aromatic nitrogens is 1. The normalized spacial score (nSPS) is 24.4. The Morgan fingerprint density at radius 2 is 2.00 bits per heavy atom. The SMILES string of the molecule is Cc1c([C@@H]2[C@@H](CC#N)C2(C)C)c2ccccc2n1C. The molecule has 19 heavy (non-hydrogen) atoms. The quantitative estimate of drug-likeness (QED) is 0.789. The predicted molar refractivity (Wildman–Crippen MR) is 77.9 cm³/mol. The number of rotatable bonds is 2. The van der Waals surface area contributed by atoms with Gasteiger partial charge in [0.2, 0.25) is 0 Å². The monoisotopic (exact) mass is 252 g/mol. The number of nitriles is 1. The molecule has 1 aromatic heterocycles. The lowest BCUT2D eigenvalue weighted by atomic mass is 10.0. The predicted octanol–water partition coefficient (Wildman–Crippen LogP) is 4.14. The average Bonchev–Trinajstić information content (AvgIpc) is 2.81. The first-order valence-electron chi connectivity index (χ1n) is 6.91. The Morgan fingerprint density at radius 1 is 1.32 bits per heavy atom. The first-order chi connectivity index (χ1) is 9.00. The van der Waals surface area contributed by atoms with Crippen molar-refractivity contribution >= 4 is 10.9 Å². The summed E-state index contributed by atoms with van der Waals surface area (Å²) in [6, 6.07) is 11.0. The van der Waals surface area contributed by atoms with Crippen LogP contribution >= 0.6 is 0 Å². The maximum atomic E-state index is 9.01. The van der Waals surface area contributed by atoms with Crippen LogP contribution in [0.15, 0.2) is 24.3 Å². The molecular formula is C17H20N2. The summed E-state index contributed by atoms with van der Waals surface area (Å²) in [7, 11) is 2.13. The Kier molecular flexibility index (Phi) is 2.50. The van der Waals surface area contributed by atoms with Gasteiger partial charge in [-0.25, -0.2) is 0 Å². The van der Waals surface area contributed by atoms with E-state index in [0.29, 0.717) is 18.3 Å². The topological polar surface area (TPSA) is 28.7 Å². The van der Waals surface area contributed by atoms with E-state index in [9.17, 15) is 0 Å². The van der Waals surface area contributed by atoms with Crippen LogP contribution in [0.3, 0.4) is 0 Å². The van der Waals surface area contributed by atoms with Gasteiger partial charge in [-0.1, -0.05) is 32.0 Å². The zero-order valence-electron chi connectivity index (χ0n) is 12.1. The second kappa shape index (κ2) is 3.87. The van der Waals surface area contributed by atoms with E-state index >= 15 is 0 Å². The molecule has 0 saturated heterocycles. The molecule has 1 heterocycles. The molecule has 0 unspecified atom stereocenters. The lowest BCUT2D eigenvalue weighted by molar-refractivity contribution is 0.559. The largest absolute Gasteiger partial charge is 0.348 e. The van der Waals surface area contributed by atoms with Crippen LogP contribution in [0.25, 0.3) is 10.9 Å². The van der Waals surface area contributed by atoms with Crippen molar-refractivity contribution in [1.82, 2.24) is 4.57 Å². The van der Waals surface area contributed by atoms with Crippen LogP contribution in [0.2, 0.25) is 0 Å². The molecular weight excluding hydrogens is 232 g/mol. The number of hydrogen-bond donors (Lipinski definition) is 0. The summed E-state index contributed by atoms with van der Waals surface area (Å²) >= 11 is 0. The van der Waals surface area contributed by atoms with Gasteiger partial charge in [-0.2, -0.15) is 5.26 Å². The number of aryl methyl sites for hydroxylation is 1. The molecule has 0 N–H and O–H groups in total. The molecule has 0 radical (unpaired) electrons. The van der Waals surface area contributed by atoms with Crippen LogP contribution in [-0.2, 0) is 7.05 Å². The lowest BCUT2D eigenvalue weighted by Gasteiger charge is -2.04. The number of para-hydroxylation sites is 1. The van der Waals surface area contributed by atoms with Crippen molar-refractivity contribution in [2.24, 2.45) is 18.4 Å². The number of hydrogen-bond acceptors (Lipinski definition) is 1. The summed E-state index contributed by atoms with van der Waals surface area (Å²) in [6.07, 6.45) is 0.667. The van der Waals surface area contributed by atoms with Crippen LogP contribution in [0.5, 0.6) is 0 Å². The summed E-state index contributed by atoms with van der Waals surface area (Å²) in [4.78, 5) is 0. The summed E-state index contributed by atoms with van der Waals surface area (Å²) in [6.45, 7) is 6.79. The highest BCUT2D eigenvalue weighted by Crippen LogP contribution is 2.67. The highest BCUT2D eigenvalue weighted by molar-refractivity contribution is 5.86. The van der Waals surface area contributed by atoms with E-state index in [4.69, 9.17) is 5.26 Å².